The van der Waals surface area contributed by atoms with Gasteiger partial charge in [-0.3, -0.25) is 0 Å². The molecular formula is C3H9OPS. The second-order valence-electron chi connectivity index (χ2n) is 0.826. The van der Waals surface area contributed by atoms with Crippen LogP contribution in [0.25, 0.3) is 0 Å². The van der Waals surface area contributed by atoms with E-state index in [-0.39, 0.29) is 0 Å². The van der Waals surface area contributed by atoms with Gasteiger partial charge in [0, 0.05) is 0 Å². The SMILES string of the molecule is PCCOCS. The van der Waals surface area contributed by atoms with Gasteiger partial charge in [-0.15, -0.1) is 9.24 Å². The zero-order valence-corrected chi connectivity index (χ0v) is 5.60. The first-order valence-electron chi connectivity index (χ1n) is 1.80. The molecule has 0 spiro atoms. The van der Waals surface area contributed by atoms with Crippen molar-refractivity contribution in [3.63, 3.8) is 0 Å². The fourth-order valence-electron chi connectivity index (χ4n) is 0.148. The summed E-state index contributed by atoms with van der Waals surface area (Å²) in [5.74, 6) is 0.536. The van der Waals surface area contributed by atoms with Crippen LogP contribution in [0.4, 0.5) is 0 Å². The Morgan fingerprint density at radius 3 is 2.50 bits per heavy atom. The molecule has 0 aliphatic heterocycles. The molecule has 1 nitrogen and oxygen atoms in total. The van der Waals surface area contributed by atoms with E-state index in [2.05, 4.69) is 21.9 Å². The number of rotatable bonds is 3. The highest BCUT2D eigenvalue weighted by atomic mass is 32.1. The lowest BCUT2D eigenvalue weighted by atomic mass is 10.9. The van der Waals surface area contributed by atoms with Gasteiger partial charge in [0.1, 0.15) is 0 Å². The topological polar surface area (TPSA) is 9.23 Å². The number of thiol groups is 1. The molecule has 1 atom stereocenters. The van der Waals surface area contributed by atoms with Gasteiger partial charge < -0.3 is 4.74 Å². The number of ether oxygens (including phenoxy) is 1. The molecule has 0 aliphatic carbocycles. The molecule has 0 amide bonds. The summed E-state index contributed by atoms with van der Waals surface area (Å²) >= 11 is 3.82. The van der Waals surface area contributed by atoms with Crippen LogP contribution in [0.15, 0.2) is 0 Å². The van der Waals surface area contributed by atoms with E-state index in [1.165, 1.54) is 0 Å². The third-order valence-electron chi connectivity index (χ3n) is 0.353. The Morgan fingerprint density at radius 2 is 2.33 bits per heavy atom. The van der Waals surface area contributed by atoms with Crippen molar-refractivity contribution in [2.24, 2.45) is 0 Å². The van der Waals surface area contributed by atoms with E-state index in [9.17, 15) is 0 Å². The standard InChI is InChI=1S/C3H9OPS/c5-2-1-4-3-6/h6H,1-3,5H2. The molecule has 6 heavy (non-hydrogen) atoms. The Kier molecular flexibility index (Phi) is 6.45. The predicted molar refractivity (Wildman–Crippen MR) is 34.4 cm³/mol. The third kappa shape index (κ3) is 4.74. The fraction of sp³-hybridized carbons (Fsp3) is 1.00. The van der Waals surface area contributed by atoms with Gasteiger partial charge in [0.2, 0.25) is 0 Å². The van der Waals surface area contributed by atoms with E-state index in [4.69, 9.17) is 4.74 Å². The predicted octanol–water partition coefficient (Wildman–Crippen LogP) is 0.765. The van der Waals surface area contributed by atoms with Crippen molar-refractivity contribution in [3.05, 3.63) is 0 Å². The van der Waals surface area contributed by atoms with E-state index in [1.807, 2.05) is 0 Å². The average molecular weight is 124 g/mol. The maximum atomic E-state index is 4.83. The van der Waals surface area contributed by atoms with Gasteiger partial charge >= 0.3 is 0 Å². The third-order valence-corrected chi connectivity index (χ3v) is 0.772. The van der Waals surface area contributed by atoms with Crippen LogP contribution in [0.2, 0.25) is 0 Å². The smallest absolute Gasteiger partial charge is 0.0892 e. The van der Waals surface area contributed by atoms with Gasteiger partial charge in [0.05, 0.1) is 12.5 Å². The van der Waals surface area contributed by atoms with Crippen molar-refractivity contribution in [2.75, 3.05) is 18.7 Å². The van der Waals surface area contributed by atoms with E-state index >= 15 is 0 Å². The molecule has 0 saturated carbocycles. The summed E-state index contributed by atoms with van der Waals surface area (Å²) in [6.07, 6.45) is 1.00. The summed E-state index contributed by atoms with van der Waals surface area (Å²) < 4.78 is 4.83. The summed E-state index contributed by atoms with van der Waals surface area (Å²) in [5, 5.41) is 0. The van der Waals surface area contributed by atoms with Crippen molar-refractivity contribution in [2.45, 2.75) is 0 Å². The van der Waals surface area contributed by atoms with Gasteiger partial charge in [-0.1, -0.05) is 0 Å². The van der Waals surface area contributed by atoms with Crippen molar-refractivity contribution < 1.29 is 4.74 Å². The van der Waals surface area contributed by atoms with Gasteiger partial charge in [0.25, 0.3) is 0 Å². The number of hydrogen-bond acceptors (Lipinski definition) is 2. The van der Waals surface area contributed by atoms with E-state index in [0.717, 1.165) is 12.8 Å². The minimum atomic E-state index is 0.536. The summed E-state index contributed by atoms with van der Waals surface area (Å²) in [6, 6.07) is 0. The number of hydrogen-bond donors (Lipinski definition) is 1. The molecule has 0 bridgehead atoms. The quantitative estimate of drug-likeness (QED) is 0.253. The largest absolute Gasteiger partial charge is 0.371 e. The molecule has 0 fully saturated rings. The van der Waals surface area contributed by atoms with Crippen LogP contribution in [0.5, 0.6) is 0 Å². The molecule has 3 heteroatoms. The highest BCUT2D eigenvalue weighted by Gasteiger charge is 1.73. The van der Waals surface area contributed by atoms with Crippen molar-refractivity contribution in [1.29, 1.82) is 0 Å². The molecule has 0 aromatic carbocycles. The summed E-state index contributed by atoms with van der Waals surface area (Å²) in [5.41, 5.74) is 0. The van der Waals surface area contributed by atoms with E-state index < -0.39 is 0 Å². The highest BCUT2D eigenvalue weighted by Crippen LogP contribution is 1.82. The lowest BCUT2D eigenvalue weighted by Gasteiger charge is -1.90. The second kappa shape index (κ2) is 5.74. The van der Waals surface area contributed by atoms with Crippen LogP contribution >= 0.6 is 21.9 Å². The Bertz CT molecular complexity index is 22.8. The molecule has 38 valence electrons. The molecular weight excluding hydrogens is 115 g/mol. The maximum Gasteiger partial charge on any atom is 0.0892 e. The van der Waals surface area contributed by atoms with Gasteiger partial charge in [-0.2, -0.15) is 12.6 Å². The summed E-state index contributed by atoms with van der Waals surface area (Å²) in [7, 11) is 2.57. The maximum absolute atomic E-state index is 4.83. The lowest BCUT2D eigenvalue weighted by Crippen LogP contribution is -1.90. The minimum absolute atomic E-state index is 0.536. The van der Waals surface area contributed by atoms with Gasteiger partial charge in [0.15, 0.2) is 0 Å². The van der Waals surface area contributed by atoms with Gasteiger partial charge in [-0.25, -0.2) is 0 Å². The Hall–Kier alpha value is 0.740. The van der Waals surface area contributed by atoms with Crippen molar-refractivity contribution in [1.82, 2.24) is 0 Å². The normalized spacial score (nSPS) is 9.00. The molecule has 0 radical (unpaired) electrons. The molecule has 0 N–H and O–H groups in total. The zero-order chi connectivity index (χ0) is 4.83. The van der Waals surface area contributed by atoms with Crippen LogP contribution < -0.4 is 0 Å². The Balaban J connectivity index is 2.34. The van der Waals surface area contributed by atoms with Gasteiger partial charge in [-0.05, 0) is 6.16 Å². The minimum Gasteiger partial charge on any atom is -0.371 e. The molecule has 0 rings (SSSR count). The molecule has 0 saturated heterocycles. The molecule has 0 aromatic heterocycles. The molecule has 0 heterocycles. The van der Waals surface area contributed by atoms with Crippen LogP contribution in [0, 0.1) is 0 Å². The van der Waals surface area contributed by atoms with E-state index in [0.29, 0.717) is 5.94 Å². The first kappa shape index (κ1) is 6.74. The summed E-state index contributed by atoms with van der Waals surface area (Å²) in [4.78, 5) is 0. The van der Waals surface area contributed by atoms with Crippen molar-refractivity contribution >= 4 is 21.9 Å². The van der Waals surface area contributed by atoms with Crippen LogP contribution in [-0.4, -0.2) is 18.7 Å². The summed E-state index contributed by atoms with van der Waals surface area (Å²) in [6.45, 7) is 0.800. The lowest BCUT2D eigenvalue weighted by molar-refractivity contribution is 0.203. The molecule has 1 unspecified atom stereocenters. The monoisotopic (exact) mass is 124 g/mol. The molecule has 0 aliphatic rings. The van der Waals surface area contributed by atoms with E-state index in [1.54, 1.807) is 0 Å². The van der Waals surface area contributed by atoms with Crippen LogP contribution in [-0.2, 0) is 4.74 Å². The zero-order valence-electron chi connectivity index (χ0n) is 3.55. The Morgan fingerprint density at radius 1 is 1.67 bits per heavy atom. The van der Waals surface area contributed by atoms with Crippen LogP contribution in [0.3, 0.4) is 0 Å². The second-order valence-corrected chi connectivity index (χ2v) is 1.66. The first-order chi connectivity index (χ1) is 2.91. The highest BCUT2D eigenvalue weighted by molar-refractivity contribution is 7.80. The average Bonchev–Trinajstić information content (AvgIpc) is 1.61. The fourth-order valence-corrected chi connectivity index (χ4v) is 0.444. The van der Waals surface area contributed by atoms with Crippen molar-refractivity contribution in [3.8, 4) is 0 Å². The van der Waals surface area contributed by atoms with Crippen LogP contribution in [0.1, 0.15) is 0 Å². The molecule has 0 aromatic rings. The Labute approximate surface area is 46.1 Å². The first-order valence-corrected chi connectivity index (χ1v) is 3.25.